The van der Waals surface area contributed by atoms with Crippen LogP contribution in [0.4, 0.5) is 0 Å². The van der Waals surface area contributed by atoms with E-state index in [0.29, 0.717) is 0 Å². The number of carbonyl (C=O) groups excluding carboxylic acids is 3. The molecule has 1 fully saturated rings. The van der Waals surface area contributed by atoms with E-state index in [4.69, 9.17) is 27.6 Å². The first kappa shape index (κ1) is 38.1. The second kappa shape index (κ2) is 17.2. The number of amides is 1. The molecular formula is C28H39N3O14P2. The van der Waals surface area contributed by atoms with Gasteiger partial charge in [0.15, 0.2) is 6.29 Å². The van der Waals surface area contributed by atoms with Crippen molar-refractivity contribution in [2.45, 2.75) is 63.5 Å². The number of ether oxygens (including phenoxy) is 3. The van der Waals surface area contributed by atoms with Crippen molar-refractivity contribution in [3.8, 4) is 11.5 Å². The van der Waals surface area contributed by atoms with Crippen LogP contribution >= 0.6 is 15.5 Å². The monoisotopic (exact) mass is 703 g/mol. The number of benzene rings is 2. The van der Waals surface area contributed by atoms with Crippen molar-refractivity contribution >= 4 is 33.3 Å². The first-order valence-electron chi connectivity index (χ1n) is 14.2. The van der Waals surface area contributed by atoms with Gasteiger partial charge in [-0.3, -0.25) is 23.4 Å². The quantitative estimate of drug-likeness (QED) is 0.124. The largest absolute Gasteiger partial charge is 0.468 e. The molecule has 0 saturated carbocycles. The third-order valence-electron chi connectivity index (χ3n) is 6.48. The van der Waals surface area contributed by atoms with Crippen molar-refractivity contribution < 1.29 is 66.0 Å². The summed E-state index contributed by atoms with van der Waals surface area (Å²) in [4.78, 5) is 36.3. The van der Waals surface area contributed by atoms with Crippen molar-refractivity contribution in [1.82, 2.24) is 15.5 Å². The number of aliphatic hydroxyl groups excluding tert-OH is 2. The Kier molecular flexibility index (Phi) is 13.9. The van der Waals surface area contributed by atoms with Crippen molar-refractivity contribution in [3.05, 3.63) is 60.7 Å². The van der Waals surface area contributed by atoms with Crippen molar-refractivity contribution in [3.63, 3.8) is 0 Å². The Labute approximate surface area is 271 Å². The van der Waals surface area contributed by atoms with E-state index in [-0.39, 0.29) is 11.5 Å². The maximum atomic E-state index is 14.1. The highest BCUT2D eigenvalue weighted by molar-refractivity contribution is 7.52. The standard InChI is InChI=1S/C28H39N3O14P2/c1-17(26(34)39-4)30-46(37,43-20-12-8-6-9-13-20)41-16-22-24(33)25(23(28(36)42-22)29-19(3)32)45-47(38,31-18(2)27(35)40-5)44-21-14-10-7-11-15-21/h6-15,17-18,22-25,28,33,36H,16H2,1-5H3,(H,29,32)(H,30,37)(H,31,38)/t17-,18-,22?,23+,24-,25+,28?,46?,47?/m0/s1. The van der Waals surface area contributed by atoms with E-state index in [1.165, 1.54) is 38.1 Å². The molecule has 4 unspecified atom stereocenters. The van der Waals surface area contributed by atoms with E-state index >= 15 is 0 Å². The van der Waals surface area contributed by atoms with Crippen LogP contribution in [0.2, 0.25) is 0 Å². The fourth-order valence-electron chi connectivity index (χ4n) is 4.26. The second-order valence-corrected chi connectivity index (χ2v) is 13.5. The Morgan fingerprint density at radius 2 is 1.30 bits per heavy atom. The van der Waals surface area contributed by atoms with Gasteiger partial charge in [-0.25, -0.2) is 9.13 Å². The minimum Gasteiger partial charge on any atom is -0.468 e. The second-order valence-electron chi connectivity index (χ2n) is 10.2. The predicted octanol–water partition coefficient (Wildman–Crippen LogP) is 1.65. The van der Waals surface area contributed by atoms with Gasteiger partial charge in [0.25, 0.3) is 0 Å². The average Bonchev–Trinajstić information content (AvgIpc) is 3.03. The molecule has 2 aromatic rings. The number of hydrogen-bond donors (Lipinski definition) is 5. The van der Waals surface area contributed by atoms with Gasteiger partial charge in [0, 0.05) is 6.92 Å². The van der Waals surface area contributed by atoms with Crippen LogP contribution in [0.25, 0.3) is 0 Å². The van der Waals surface area contributed by atoms with E-state index in [0.717, 1.165) is 21.1 Å². The van der Waals surface area contributed by atoms with Gasteiger partial charge in [0.05, 0.1) is 20.8 Å². The summed E-state index contributed by atoms with van der Waals surface area (Å²) in [5.74, 6) is -2.15. The smallest absolute Gasteiger partial charge is 0.459 e. The number of methoxy groups -OCH3 is 2. The lowest BCUT2D eigenvalue weighted by atomic mass is 9.97. The van der Waals surface area contributed by atoms with Crippen LogP contribution in [0.1, 0.15) is 20.8 Å². The van der Waals surface area contributed by atoms with Gasteiger partial charge in [-0.1, -0.05) is 36.4 Å². The first-order chi connectivity index (χ1) is 22.2. The van der Waals surface area contributed by atoms with Crippen LogP contribution < -0.4 is 24.5 Å². The number of aliphatic hydroxyl groups is 2. The SMILES string of the molecule is COC(=O)[C@H](C)NP(=O)(OCC1OC(O)[C@H](NC(C)=O)[C@@H](OP(=O)(N[C@@H](C)C(=O)OC)Oc2ccccc2)[C@H]1O)Oc1ccccc1. The molecule has 9 atom stereocenters. The summed E-state index contributed by atoms with van der Waals surface area (Å²) in [7, 11) is -6.84. The van der Waals surface area contributed by atoms with Crippen LogP contribution in [0.15, 0.2) is 60.7 Å². The molecule has 19 heteroatoms. The minimum absolute atomic E-state index is 0.0447. The van der Waals surface area contributed by atoms with Gasteiger partial charge in [-0.2, -0.15) is 10.2 Å². The van der Waals surface area contributed by atoms with Gasteiger partial charge in [0.1, 0.15) is 47.9 Å². The van der Waals surface area contributed by atoms with Gasteiger partial charge in [-0.15, -0.1) is 0 Å². The minimum atomic E-state index is -4.65. The van der Waals surface area contributed by atoms with E-state index < -0.39 is 82.7 Å². The molecule has 0 spiro atoms. The molecule has 0 bridgehead atoms. The van der Waals surface area contributed by atoms with Gasteiger partial charge >= 0.3 is 27.4 Å². The maximum Gasteiger partial charge on any atom is 0.459 e. The number of carbonyl (C=O) groups is 3. The fourth-order valence-corrected chi connectivity index (χ4v) is 7.47. The lowest BCUT2D eigenvalue weighted by molar-refractivity contribution is -0.248. The number of esters is 2. The van der Waals surface area contributed by atoms with E-state index in [9.17, 15) is 33.7 Å². The first-order valence-corrected chi connectivity index (χ1v) is 17.3. The normalized spacial score (nSPS) is 24.8. The van der Waals surface area contributed by atoms with Gasteiger partial charge in [-0.05, 0) is 38.1 Å². The van der Waals surface area contributed by atoms with E-state index in [2.05, 4.69) is 20.2 Å². The Morgan fingerprint density at radius 3 is 1.77 bits per heavy atom. The molecule has 1 heterocycles. The highest BCUT2D eigenvalue weighted by atomic mass is 31.2. The zero-order chi connectivity index (χ0) is 34.8. The lowest BCUT2D eigenvalue weighted by Gasteiger charge is -2.43. The Hall–Kier alpha value is -3.37. The van der Waals surface area contributed by atoms with E-state index in [1.807, 2.05) is 0 Å². The number of nitrogens with one attached hydrogen (secondary N) is 3. The molecule has 1 aliphatic heterocycles. The Morgan fingerprint density at radius 1 is 0.830 bits per heavy atom. The predicted molar refractivity (Wildman–Crippen MR) is 164 cm³/mol. The van der Waals surface area contributed by atoms with Gasteiger partial charge < -0.3 is 38.8 Å². The summed E-state index contributed by atoms with van der Waals surface area (Å²) in [6, 6.07) is 11.6. The highest BCUT2D eigenvalue weighted by Gasteiger charge is 2.51. The molecule has 5 N–H and O–H groups in total. The summed E-state index contributed by atoms with van der Waals surface area (Å²) < 4.78 is 65.3. The number of rotatable bonds is 16. The molecule has 0 radical (unpaired) electrons. The molecule has 1 aliphatic rings. The van der Waals surface area contributed by atoms with Crippen LogP contribution in [0, 0.1) is 0 Å². The topological polar surface area (TPSA) is 227 Å². The molecule has 260 valence electrons. The highest BCUT2D eigenvalue weighted by Crippen LogP contribution is 2.49. The number of para-hydroxylation sites is 2. The summed E-state index contributed by atoms with van der Waals surface area (Å²) in [6.07, 6.45) is -7.08. The Bertz CT molecular complexity index is 1440. The van der Waals surface area contributed by atoms with Crippen LogP contribution in [0.3, 0.4) is 0 Å². The third-order valence-corrected chi connectivity index (χ3v) is 9.80. The van der Waals surface area contributed by atoms with E-state index in [1.54, 1.807) is 36.4 Å². The van der Waals surface area contributed by atoms with Crippen molar-refractivity contribution in [2.24, 2.45) is 0 Å². The maximum absolute atomic E-state index is 14.1. The molecule has 2 aromatic carbocycles. The molecule has 17 nitrogen and oxygen atoms in total. The fraction of sp³-hybridized carbons (Fsp3) is 0.464. The Balaban J connectivity index is 1.92. The summed E-state index contributed by atoms with van der Waals surface area (Å²) in [6.45, 7) is 3.03. The molecule has 0 aliphatic carbocycles. The van der Waals surface area contributed by atoms with Crippen molar-refractivity contribution in [2.75, 3.05) is 20.8 Å². The molecular weight excluding hydrogens is 664 g/mol. The molecule has 1 amide bonds. The summed E-state index contributed by atoms with van der Waals surface area (Å²) in [5.41, 5.74) is 0. The molecule has 0 aromatic heterocycles. The third kappa shape index (κ3) is 11.1. The van der Waals surface area contributed by atoms with Crippen molar-refractivity contribution in [1.29, 1.82) is 0 Å². The van der Waals surface area contributed by atoms with Gasteiger partial charge in [0.2, 0.25) is 5.91 Å². The van der Waals surface area contributed by atoms with Crippen LogP contribution in [0.5, 0.6) is 11.5 Å². The zero-order valence-electron chi connectivity index (χ0n) is 26.2. The lowest BCUT2D eigenvalue weighted by Crippen LogP contribution is -2.65. The zero-order valence-corrected chi connectivity index (χ0v) is 28.0. The summed E-state index contributed by atoms with van der Waals surface area (Å²) >= 11 is 0. The summed E-state index contributed by atoms with van der Waals surface area (Å²) in [5, 5.41) is 29.6. The molecule has 3 rings (SSSR count). The van der Waals surface area contributed by atoms with Crippen LogP contribution in [-0.4, -0.2) is 91.6 Å². The molecule has 1 saturated heterocycles. The molecule has 47 heavy (non-hydrogen) atoms. The number of hydrogen-bond acceptors (Lipinski definition) is 14. The average molecular weight is 704 g/mol. The van der Waals surface area contributed by atoms with Crippen LogP contribution in [-0.2, 0) is 46.8 Å².